The Morgan fingerprint density at radius 2 is 2.05 bits per heavy atom. The van der Waals surface area contributed by atoms with Gasteiger partial charge in [-0.3, -0.25) is 4.79 Å². The highest BCUT2D eigenvalue weighted by Gasteiger charge is 2.36. The molecule has 2 unspecified atom stereocenters. The molecule has 1 heterocycles. The third-order valence-corrected chi connectivity index (χ3v) is 4.32. The summed E-state index contributed by atoms with van der Waals surface area (Å²) in [5.41, 5.74) is 5.46. The molecule has 0 aliphatic heterocycles. The van der Waals surface area contributed by atoms with E-state index >= 15 is 0 Å². The number of unbranched alkanes of at least 4 members (excludes halogenated alkanes) is 3. The molecular formula is C17H28N2O2. The molecule has 4 heteroatoms. The van der Waals surface area contributed by atoms with Gasteiger partial charge in [-0.25, -0.2) is 0 Å². The largest absolute Gasteiger partial charge is 0.464 e. The Kier molecular flexibility index (Phi) is 5.85. The Balaban J connectivity index is 1.69. The number of furan rings is 1. The Bertz CT molecular complexity index is 455. The topological polar surface area (TPSA) is 59.5 Å². The summed E-state index contributed by atoms with van der Waals surface area (Å²) in [5.74, 6) is 3.52. The van der Waals surface area contributed by atoms with Crippen molar-refractivity contribution in [1.82, 2.24) is 4.90 Å². The second kappa shape index (κ2) is 7.64. The third-order valence-electron chi connectivity index (χ3n) is 4.32. The van der Waals surface area contributed by atoms with Gasteiger partial charge in [-0.2, -0.15) is 0 Å². The van der Waals surface area contributed by atoms with E-state index in [1.807, 2.05) is 13.1 Å². The maximum atomic E-state index is 12.0. The normalized spacial score (nSPS) is 20.5. The molecular weight excluding hydrogens is 264 g/mol. The quantitative estimate of drug-likeness (QED) is 0.711. The summed E-state index contributed by atoms with van der Waals surface area (Å²) in [5, 5.41) is 0. The maximum absolute atomic E-state index is 12.0. The van der Waals surface area contributed by atoms with E-state index in [4.69, 9.17) is 10.2 Å². The highest BCUT2D eigenvalue weighted by molar-refractivity contribution is 5.75. The summed E-state index contributed by atoms with van der Waals surface area (Å²) in [6, 6.07) is 4.07. The van der Waals surface area contributed by atoms with Gasteiger partial charge in [-0.05, 0) is 43.9 Å². The van der Waals surface area contributed by atoms with E-state index in [2.05, 4.69) is 13.0 Å². The van der Waals surface area contributed by atoms with Gasteiger partial charge in [0, 0.05) is 19.4 Å². The van der Waals surface area contributed by atoms with Crippen LogP contribution in [0.3, 0.4) is 0 Å². The Hall–Kier alpha value is -1.29. The summed E-state index contributed by atoms with van der Waals surface area (Å²) < 4.78 is 5.85. The number of nitrogens with zero attached hydrogens (tertiary/aromatic N) is 1. The zero-order valence-corrected chi connectivity index (χ0v) is 13.3. The SMILES string of the molecule is CC1CC1c1ccc(CN(C)C(=O)CCCCCCN)o1. The molecule has 0 radical (unpaired) electrons. The average Bonchev–Trinajstić information content (AvgIpc) is 3.01. The second-order valence-corrected chi connectivity index (χ2v) is 6.33. The lowest BCUT2D eigenvalue weighted by molar-refractivity contribution is -0.130. The van der Waals surface area contributed by atoms with Crippen LogP contribution in [0.5, 0.6) is 0 Å². The van der Waals surface area contributed by atoms with Crippen LogP contribution in [-0.4, -0.2) is 24.4 Å². The summed E-state index contributed by atoms with van der Waals surface area (Å²) in [7, 11) is 1.85. The van der Waals surface area contributed by atoms with Gasteiger partial charge in [0.2, 0.25) is 5.91 Å². The zero-order chi connectivity index (χ0) is 15.2. The minimum Gasteiger partial charge on any atom is -0.464 e. The molecule has 1 aromatic heterocycles. The van der Waals surface area contributed by atoms with Crippen LogP contribution < -0.4 is 5.73 Å². The molecule has 1 amide bonds. The lowest BCUT2D eigenvalue weighted by atomic mass is 10.1. The predicted molar refractivity (Wildman–Crippen MR) is 83.8 cm³/mol. The zero-order valence-electron chi connectivity index (χ0n) is 13.3. The number of amides is 1. The summed E-state index contributed by atoms with van der Waals surface area (Å²) in [6.45, 7) is 3.56. The van der Waals surface area contributed by atoms with Crippen LogP contribution in [0, 0.1) is 5.92 Å². The molecule has 1 aliphatic carbocycles. The second-order valence-electron chi connectivity index (χ2n) is 6.33. The van der Waals surface area contributed by atoms with E-state index in [9.17, 15) is 4.79 Å². The van der Waals surface area contributed by atoms with Crippen molar-refractivity contribution in [3.8, 4) is 0 Å². The summed E-state index contributed by atoms with van der Waals surface area (Å²) >= 11 is 0. The van der Waals surface area contributed by atoms with Gasteiger partial charge in [0.1, 0.15) is 11.5 Å². The van der Waals surface area contributed by atoms with Crippen molar-refractivity contribution in [2.45, 2.75) is 57.9 Å². The van der Waals surface area contributed by atoms with Crippen molar-refractivity contribution in [3.63, 3.8) is 0 Å². The van der Waals surface area contributed by atoms with E-state index in [0.717, 1.165) is 49.7 Å². The van der Waals surface area contributed by atoms with E-state index < -0.39 is 0 Å². The lowest BCUT2D eigenvalue weighted by Gasteiger charge is -2.15. The minimum absolute atomic E-state index is 0.195. The molecule has 1 aliphatic rings. The van der Waals surface area contributed by atoms with E-state index in [0.29, 0.717) is 18.9 Å². The van der Waals surface area contributed by atoms with E-state index in [1.165, 1.54) is 6.42 Å². The van der Waals surface area contributed by atoms with Gasteiger partial charge in [0.25, 0.3) is 0 Å². The number of hydrogen-bond donors (Lipinski definition) is 1. The molecule has 0 aromatic carbocycles. The average molecular weight is 292 g/mol. The monoisotopic (exact) mass is 292 g/mol. The Labute approximate surface area is 127 Å². The molecule has 1 saturated carbocycles. The van der Waals surface area contributed by atoms with Crippen molar-refractivity contribution in [1.29, 1.82) is 0 Å². The smallest absolute Gasteiger partial charge is 0.222 e. The fourth-order valence-corrected chi connectivity index (χ4v) is 2.68. The fraction of sp³-hybridized carbons (Fsp3) is 0.706. The standard InChI is InChI=1S/C17H28N2O2/c1-13-11-15(13)16-9-8-14(21-16)12-19(2)17(20)7-5-3-4-6-10-18/h8-9,13,15H,3-7,10-12,18H2,1-2H3. The molecule has 2 N–H and O–H groups in total. The Morgan fingerprint density at radius 3 is 2.71 bits per heavy atom. The van der Waals surface area contributed by atoms with Crippen LogP contribution in [-0.2, 0) is 11.3 Å². The first-order valence-corrected chi connectivity index (χ1v) is 8.14. The molecule has 1 fully saturated rings. The van der Waals surface area contributed by atoms with Crippen LogP contribution in [0.2, 0.25) is 0 Å². The van der Waals surface area contributed by atoms with Crippen molar-refractivity contribution >= 4 is 5.91 Å². The number of carbonyl (C=O) groups is 1. The molecule has 118 valence electrons. The van der Waals surface area contributed by atoms with E-state index in [-0.39, 0.29) is 5.91 Å². The first-order chi connectivity index (χ1) is 10.1. The van der Waals surface area contributed by atoms with Gasteiger partial charge in [0.15, 0.2) is 0 Å². The fourth-order valence-electron chi connectivity index (χ4n) is 2.68. The van der Waals surface area contributed by atoms with Crippen LogP contribution >= 0.6 is 0 Å². The van der Waals surface area contributed by atoms with Gasteiger partial charge < -0.3 is 15.1 Å². The predicted octanol–water partition coefficient (Wildman–Crippen LogP) is 3.27. The van der Waals surface area contributed by atoms with E-state index in [1.54, 1.807) is 4.90 Å². The molecule has 1 aromatic rings. The third kappa shape index (κ3) is 4.88. The van der Waals surface area contributed by atoms with Crippen LogP contribution in [0.1, 0.15) is 62.9 Å². The van der Waals surface area contributed by atoms with Gasteiger partial charge in [0.05, 0.1) is 6.54 Å². The number of rotatable bonds is 9. The number of hydrogen-bond acceptors (Lipinski definition) is 3. The van der Waals surface area contributed by atoms with Crippen LogP contribution in [0.4, 0.5) is 0 Å². The highest BCUT2D eigenvalue weighted by atomic mass is 16.3. The van der Waals surface area contributed by atoms with Crippen LogP contribution in [0.25, 0.3) is 0 Å². The summed E-state index contributed by atoms with van der Waals surface area (Å²) in [4.78, 5) is 13.8. The van der Waals surface area contributed by atoms with Crippen molar-refractivity contribution in [3.05, 3.63) is 23.7 Å². The maximum Gasteiger partial charge on any atom is 0.222 e. The first-order valence-electron chi connectivity index (χ1n) is 8.14. The van der Waals surface area contributed by atoms with Crippen LogP contribution in [0.15, 0.2) is 16.5 Å². The van der Waals surface area contributed by atoms with Crippen molar-refractivity contribution in [2.75, 3.05) is 13.6 Å². The van der Waals surface area contributed by atoms with Crippen molar-refractivity contribution in [2.24, 2.45) is 11.7 Å². The minimum atomic E-state index is 0.195. The first kappa shape index (κ1) is 16.1. The van der Waals surface area contributed by atoms with Gasteiger partial charge in [-0.15, -0.1) is 0 Å². The Morgan fingerprint density at radius 1 is 1.33 bits per heavy atom. The molecule has 2 atom stereocenters. The lowest BCUT2D eigenvalue weighted by Crippen LogP contribution is -2.25. The summed E-state index contributed by atoms with van der Waals surface area (Å²) in [6.07, 6.45) is 6.06. The molecule has 0 saturated heterocycles. The molecule has 4 nitrogen and oxygen atoms in total. The molecule has 0 spiro atoms. The highest BCUT2D eigenvalue weighted by Crippen LogP contribution is 2.47. The number of nitrogens with two attached hydrogens (primary N) is 1. The van der Waals surface area contributed by atoms with Crippen molar-refractivity contribution < 1.29 is 9.21 Å². The van der Waals surface area contributed by atoms with Gasteiger partial charge >= 0.3 is 0 Å². The molecule has 0 bridgehead atoms. The van der Waals surface area contributed by atoms with Gasteiger partial charge in [-0.1, -0.05) is 19.8 Å². The molecule has 21 heavy (non-hydrogen) atoms. The number of carbonyl (C=O) groups excluding carboxylic acids is 1. The molecule has 2 rings (SSSR count).